The van der Waals surface area contributed by atoms with Crippen LogP contribution in [0.15, 0.2) is 18.5 Å². The highest BCUT2D eigenvalue weighted by atomic mass is 16.5. The van der Waals surface area contributed by atoms with Gasteiger partial charge in [0.2, 0.25) is 0 Å². The molecule has 23 heavy (non-hydrogen) atoms. The second kappa shape index (κ2) is 7.06. The lowest BCUT2D eigenvalue weighted by Crippen LogP contribution is -2.20. The number of hydrogen-bond acceptors (Lipinski definition) is 6. The van der Waals surface area contributed by atoms with Crippen LogP contribution in [0.4, 0.5) is 5.82 Å². The van der Waals surface area contributed by atoms with Crippen LogP contribution in [0, 0.1) is 0 Å². The summed E-state index contributed by atoms with van der Waals surface area (Å²) >= 11 is 0. The van der Waals surface area contributed by atoms with Crippen molar-refractivity contribution in [3.05, 3.63) is 35.5 Å². The van der Waals surface area contributed by atoms with Gasteiger partial charge in [0, 0.05) is 43.9 Å². The van der Waals surface area contributed by atoms with E-state index in [2.05, 4.69) is 41.2 Å². The number of aromatic nitrogens is 4. The molecule has 2 aromatic heterocycles. The summed E-state index contributed by atoms with van der Waals surface area (Å²) in [5.74, 6) is 1.42. The number of nitrogens with one attached hydrogen (secondary N) is 1. The summed E-state index contributed by atoms with van der Waals surface area (Å²) < 4.78 is 6.83. The van der Waals surface area contributed by atoms with Gasteiger partial charge in [-0.15, -0.1) is 0 Å². The van der Waals surface area contributed by atoms with Gasteiger partial charge in [0.05, 0.1) is 24.6 Å². The number of rotatable bonds is 6. The van der Waals surface area contributed by atoms with E-state index in [0.717, 1.165) is 17.1 Å². The largest absolute Gasteiger partial charge is 0.386 e. The molecule has 0 bridgehead atoms. The zero-order valence-corrected chi connectivity index (χ0v) is 14.4. The maximum absolute atomic E-state index is 10.2. The van der Waals surface area contributed by atoms with Crippen molar-refractivity contribution in [1.82, 2.24) is 19.7 Å². The van der Waals surface area contributed by atoms with Crippen molar-refractivity contribution in [2.24, 2.45) is 7.05 Å². The quantitative estimate of drug-likeness (QED) is 0.844. The van der Waals surface area contributed by atoms with Gasteiger partial charge in [0.25, 0.3) is 0 Å². The highest BCUT2D eigenvalue weighted by Gasteiger charge is 2.19. The van der Waals surface area contributed by atoms with Gasteiger partial charge in [0.15, 0.2) is 0 Å². The van der Waals surface area contributed by atoms with Crippen molar-refractivity contribution in [3.63, 3.8) is 0 Å². The smallest absolute Gasteiger partial charge is 0.136 e. The van der Waals surface area contributed by atoms with Crippen LogP contribution in [0.25, 0.3) is 0 Å². The molecule has 0 aliphatic rings. The minimum Gasteiger partial charge on any atom is -0.386 e. The van der Waals surface area contributed by atoms with Gasteiger partial charge < -0.3 is 15.2 Å². The minimum absolute atomic E-state index is 0.165. The first-order valence-corrected chi connectivity index (χ1v) is 7.57. The molecule has 2 N–H and O–H groups in total. The Morgan fingerprint density at radius 3 is 2.65 bits per heavy atom. The number of ether oxygens (including phenoxy) is 1. The van der Waals surface area contributed by atoms with Crippen LogP contribution in [-0.2, 0) is 23.8 Å². The van der Waals surface area contributed by atoms with Crippen molar-refractivity contribution < 1.29 is 9.84 Å². The number of methoxy groups -OCH3 is 1. The van der Waals surface area contributed by atoms with E-state index in [4.69, 9.17) is 4.74 Å². The Bertz CT molecular complexity index is 648. The van der Waals surface area contributed by atoms with Crippen molar-refractivity contribution in [3.8, 4) is 0 Å². The average molecular weight is 319 g/mol. The summed E-state index contributed by atoms with van der Waals surface area (Å²) in [4.78, 5) is 9.08. The Labute approximate surface area is 136 Å². The average Bonchev–Trinajstić information content (AvgIpc) is 2.91. The van der Waals surface area contributed by atoms with Crippen LogP contribution in [-0.4, -0.2) is 38.5 Å². The Balaban J connectivity index is 2.13. The van der Waals surface area contributed by atoms with Gasteiger partial charge in [0.1, 0.15) is 11.6 Å². The molecule has 2 rings (SSSR count). The van der Waals surface area contributed by atoms with Crippen molar-refractivity contribution >= 4 is 5.82 Å². The molecule has 126 valence electrons. The standard InChI is InChI=1S/C16H25N5O2/c1-16(2,3)15-19-12(10-23-5)6-14(20-15)17-8-13(22)11-7-18-21(4)9-11/h6-7,9,13,22H,8,10H2,1-5H3,(H,17,19,20). The summed E-state index contributed by atoms with van der Waals surface area (Å²) in [6.07, 6.45) is 2.80. The molecular formula is C16H25N5O2. The van der Waals surface area contributed by atoms with Gasteiger partial charge in [-0.2, -0.15) is 5.10 Å². The molecule has 1 atom stereocenters. The van der Waals surface area contributed by atoms with Crippen molar-refractivity contribution in [2.45, 2.75) is 38.9 Å². The van der Waals surface area contributed by atoms with Gasteiger partial charge in [-0.25, -0.2) is 9.97 Å². The van der Waals surface area contributed by atoms with Crippen molar-refractivity contribution in [2.75, 3.05) is 19.0 Å². The van der Waals surface area contributed by atoms with Gasteiger partial charge in [-0.05, 0) is 0 Å². The van der Waals surface area contributed by atoms with E-state index in [1.165, 1.54) is 0 Å². The molecule has 0 aromatic carbocycles. The Kier molecular flexibility index (Phi) is 5.33. The lowest BCUT2D eigenvalue weighted by atomic mass is 9.95. The molecule has 7 nitrogen and oxygen atoms in total. The fourth-order valence-corrected chi connectivity index (χ4v) is 2.08. The zero-order chi connectivity index (χ0) is 17.0. The van der Waals surface area contributed by atoms with Crippen LogP contribution in [0.1, 0.15) is 44.0 Å². The molecule has 0 aliphatic carbocycles. The molecule has 0 fully saturated rings. The predicted molar refractivity (Wildman–Crippen MR) is 88.1 cm³/mol. The topological polar surface area (TPSA) is 85.1 Å². The minimum atomic E-state index is -0.650. The lowest BCUT2D eigenvalue weighted by Gasteiger charge is -2.19. The number of nitrogens with zero attached hydrogens (tertiary/aromatic N) is 4. The summed E-state index contributed by atoms with van der Waals surface area (Å²) in [5, 5.41) is 17.4. The summed E-state index contributed by atoms with van der Waals surface area (Å²) in [5.41, 5.74) is 1.41. The van der Waals surface area contributed by atoms with Gasteiger partial charge in [-0.3, -0.25) is 4.68 Å². The Morgan fingerprint density at radius 2 is 2.09 bits per heavy atom. The molecule has 0 spiro atoms. The van der Waals surface area contributed by atoms with Gasteiger partial charge in [-0.1, -0.05) is 20.8 Å². The van der Waals surface area contributed by atoms with Crippen LogP contribution in [0.5, 0.6) is 0 Å². The second-order valence-corrected chi connectivity index (χ2v) is 6.60. The molecule has 0 saturated carbocycles. The molecule has 7 heteroatoms. The van der Waals surface area contributed by atoms with E-state index in [1.54, 1.807) is 24.2 Å². The maximum Gasteiger partial charge on any atom is 0.136 e. The van der Waals surface area contributed by atoms with Crippen molar-refractivity contribution in [1.29, 1.82) is 0 Å². The first-order chi connectivity index (χ1) is 10.8. The normalized spacial score (nSPS) is 13.1. The molecule has 2 heterocycles. The lowest BCUT2D eigenvalue weighted by molar-refractivity contribution is 0.181. The first-order valence-electron chi connectivity index (χ1n) is 7.57. The number of aliphatic hydroxyl groups is 1. The molecule has 0 aliphatic heterocycles. The fraction of sp³-hybridized carbons (Fsp3) is 0.562. The Morgan fingerprint density at radius 1 is 1.35 bits per heavy atom. The van der Waals surface area contributed by atoms with Gasteiger partial charge >= 0.3 is 0 Å². The number of aliphatic hydroxyl groups excluding tert-OH is 1. The third kappa shape index (κ3) is 4.74. The van der Waals surface area contributed by atoms with E-state index < -0.39 is 6.10 Å². The zero-order valence-electron chi connectivity index (χ0n) is 14.4. The highest BCUT2D eigenvalue weighted by molar-refractivity contribution is 5.37. The third-order valence-electron chi connectivity index (χ3n) is 3.33. The summed E-state index contributed by atoms with van der Waals surface area (Å²) in [6.45, 7) is 6.96. The Hall–Kier alpha value is -1.99. The molecule has 0 saturated heterocycles. The van der Waals surface area contributed by atoms with E-state index in [0.29, 0.717) is 19.0 Å². The van der Waals surface area contributed by atoms with Crippen LogP contribution >= 0.6 is 0 Å². The molecule has 0 amide bonds. The first kappa shape index (κ1) is 17.4. The van der Waals surface area contributed by atoms with E-state index in [9.17, 15) is 5.11 Å². The van der Waals surface area contributed by atoms with Crippen LogP contribution in [0.2, 0.25) is 0 Å². The number of aryl methyl sites for hydroxylation is 1. The molecular weight excluding hydrogens is 294 g/mol. The third-order valence-corrected chi connectivity index (χ3v) is 3.33. The van der Waals surface area contributed by atoms with E-state index in [-0.39, 0.29) is 5.41 Å². The summed E-state index contributed by atoms with van der Waals surface area (Å²) in [7, 11) is 3.46. The van der Waals surface area contributed by atoms with Crippen LogP contribution < -0.4 is 5.32 Å². The van der Waals surface area contributed by atoms with E-state index in [1.807, 2.05) is 13.1 Å². The second-order valence-electron chi connectivity index (χ2n) is 6.60. The van der Waals surface area contributed by atoms with E-state index >= 15 is 0 Å². The monoisotopic (exact) mass is 319 g/mol. The highest BCUT2D eigenvalue weighted by Crippen LogP contribution is 2.21. The predicted octanol–water partition coefficient (Wildman–Crippen LogP) is 1.80. The fourth-order valence-electron chi connectivity index (χ4n) is 2.08. The number of anilines is 1. The van der Waals surface area contributed by atoms with Crippen LogP contribution in [0.3, 0.4) is 0 Å². The molecule has 2 aromatic rings. The molecule has 1 unspecified atom stereocenters. The summed E-state index contributed by atoms with van der Waals surface area (Å²) in [6, 6.07) is 1.84. The number of hydrogen-bond donors (Lipinski definition) is 2. The molecule has 0 radical (unpaired) electrons. The SMILES string of the molecule is COCc1cc(NCC(O)c2cnn(C)c2)nc(C(C)(C)C)n1. The maximum atomic E-state index is 10.2.